The van der Waals surface area contributed by atoms with E-state index in [0.29, 0.717) is 82.6 Å². The lowest BCUT2D eigenvalue weighted by Crippen LogP contribution is -2.58. The first-order chi connectivity index (χ1) is 32.5. The van der Waals surface area contributed by atoms with Crippen LogP contribution in [-0.2, 0) is 43.1 Å². The number of aromatic hydroxyl groups is 1. The number of fused-ring (bicyclic) bond motifs is 1. The molecule has 0 radical (unpaired) electrons. The van der Waals surface area contributed by atoms with Crippen LogP contribution in [0.25, 0.3) is 10.2 Å². The zero-order valence-electron chi connectivity index (χ0n) is 38.4. The van der Waals surface area contributed by atoms with E-state index in [1.807, 2.05) is 28.2 Å². The lowest BCUT2D eigenvalue weighted by atomic mass is 9.89. The summed E-state index contributed by atoms with van der Waals surface area (Å²) in [6.07, 6.45) is -5.44. The molecule has 0 bridgehead atoms. The largest absolute Gasteiger partial charge is 0.506 e. The second-order valence-corrected chi connectivity index (χ2v) is 18.4. The number of carboxylic acid groups (broad SMARTS) is 2. The van der Waals surface area contributed by atoms with Crippen molar-refractivity contribution < 1.29 is 70.3 Å². The second-order valence-electron chi connectivity index (χ2n) is 16.5. The number of nitrogens with zero attached hydrogens (tertiary/aromatic N) is 4. The molecule has 2 saturated heterocycles. The highest BCUT2D eigenvalue weighted by atomic mass is 32.1. The Morgan fingerprint density at radius 1 is 0.928 bits per heavy atom. The van der Waals surface area contributed by atoms with Gasteiger partial charge in [-0.25, -0.2) is 14.6 Å². The molecule has 4 heterocycles. The molecule has 6 rings (SSSR count). The number of thiazole rings is 2. The van der Waals surface area contributed by atoms with E-state index in [9.17, 15) is 45.8 Å². The monoisotopic (exact) mass is 1020 g/mol. The average molecular weight is 1020 g/mol. The summed E-state index contributed by atoms with van der Waals surface area (Å²) in [4.78, 5) is 69.0. The number of halogens is 6. The van der Waals surface area contributed by atoms with Gasteiger partial charge in [0, 0.05) is 57.1 Å². The molecule has 0 aliphatic carbocycles. The zero-order chi connectivity index (χ0) is 50.9. The van der Waals surface area contributed by atoms with E-state index >= 15 is 0 Å². The normalized spacial score (nSPS) is 15.1. The number of amides is 2. The van der Waals surface area contributed by atoms with Gasteiger partial charge in [0.1, 0.15) is 17.0 Å². The molecular weight excluding hydrogens is 963 g/mol. The molecule has 2 fully saturated rings. The number of phenols is 1. The molecule has 2 aromatic heterocycles. The first kappa shape index (κ1) is 56.4. The summed E-state index contributed by atoms with van der Waals surface area (Å²) in [5.41, 5.74) is 4.35. The number of morpholine rings is 1. The SMILES string of the molecule is CCN(CCNCCc1ccc(O)c2[nH]c(=O)sc12)C(=O)CCOCCc1ccc(CCN2CCC3(CC2)CN(C(=O)c2csc(C(C)C)n2)CCO3)cc1.O=C(O)C(F)(F)F.O=C(O)C(F)(F)F. The zero-order valence-corrected chi connectivity index (χ0v) is 40.1. The van der Waals surface area contributed by atoms with Crippen molar-refractivity contribution >= 4 is 56.6 Å². The predicted molar refractivity (Wildman–Crippen MR) is 246 cm³/mol. The van der Waals surface area contributed by atoms with Gasteiger partial charge < -0.3 is 49.8 Å². The Bertz CT molecular complexity index is 2320. The van der Waals surface area contributed by atoms with Crippen LogP contribution in [0.5, 0.6) is 5.75 Å². The van der Waals surface area contributed by atoms with E-state index in [1.165, 1.54) is 11.1 Å². The van der Waals surface area contributed by atoms with E-state index in [4.69, 9.17) is 29.3 Å². The van der Waals surface area contributed by atoms with Crippen molar-refractivity contribution in [2.75, 3.05) is 78.7 Å². The van der Waals surface area contributed by atoms with Gasteiger partial charge in [0.2, 0.25) is 5.91 Å². The third-order valence-corrected chi connectivity index (χ3v) is 13.4. The molecule has 2 aliphatic rings. The van der Waals surface area contributed by atoms with Crippen LogP contribution in [0.2, 0.25) is 0 Å². The average Bonchev–Trinajstić information content (AvgIpc) is 3.96. The number of carboxylic acids is 2. The van der Waals surface area contributed by atoms with E-state index in [0.717, 1.165) is 78.3 Å². The minimum Gasteiger partial charge on any atom is -0.506 e. The Morgan fingerprint density at radius 2 is 1.55 bits per heavy atom. The molecule has 2 aliphatic heterocycles. The van der Waals surface area contributed by atoms with E-state index in [-0.39, 0.29) is 28.0 Å². The van der Waals surface area contributed by atoms with Crippen LogP contribution in [0.4, 0.5) is 26.3 Å². The highest BCUT2D eigenvalue weighted by Gasteiger charge is 2.42. The summed E-state index contributed by atoms with van der Waals surface area (Å²) in [6.45, 7) is 14.6. The number of aromatic nitrogens is 2. The third-order valence-electron chi connectivity index (χ3n) is 11.3. The lowest BCUT2D eigenvalue weighted by Gasteiger charge is -2.47. The third kappa shape index (κ3) is 18.0. The standard InChI is InChI=1S/C41H56N6O6S2.2C2HF3O2/c1-4-46(22-18-42-17-11-32-9-10-34(48)36-37(32)55-40(51)44-36)35(49)14-25-52-24-13-31-7-5-30(6-8-31)12-19-45-20-15-41(16-21-45)28-47(23-26-53-41)39(50)33-27-54-38(43-33)29(2)3;2*3-2(4,5)1(6)7/h5-10,27,29,42,48H,4,11-26,28H2,1-3H3,(H,44,51);2*(H,6,7). The second kappa shape index (κ2) is 26.2. The number of H-pyrrole nitrogens is 1. The van der Waals surface area contributed by atoms with Crippen LogP contribution in [0.15, 0.2) is 46.6 Å². The number of carbonyl (C=O) groups excluding carboxylic acids is 2. The van der Waals surface area contributed by atoms with Crippen LogP contribution in [0.3, 0.4) is 0 Å². The van der Waals surface area contributed by atoms with Gasteiger partial charge >= 0.3 is 29.2 Å². The molecule has 1 spiro atoms. The van der Waals surface area contributed by atoms with E-state index in [2.05, 4.69) is 58.3 Å². The molecular formula is C45H58F6N6O10S2. The fourth-order valence-corrected chi connectivity index (χ4v) is 9.08. The number of piperidine rings is 1. The Balaban J connectivity index is 0.000000645. The summed E-state index contributed by atoms with van der Waals surface area (Å²) in [5, 5.41) is 30.5. The number of likely N-dealkylation sites (tertiary alicyclic amines) is 1. The number of hydrogen-bond acceptors (Lipinski definition) is 13. The number of alkyl halides is 6. The Morgan fingerprint density at radius 3 is 2.13 bits per heavy atom. The molecule has 0 unspecified atom stereocenters. The molecule has 2 amide bonds. The van der Waals surface area contributed by atoms with E-state index < -0.39 is 24.3 Å². The summed E-state index contributed by atoms with van der Waals surface area (Å²) in [5.74, 6) is -4.99. The van der Waals surface area contributed by atoms with Gasteiger partial charge in [-0.15, -0.1) is 11.3 Å². The fourth-order valence-electron chi connectivity index (χ4n) is 7.38. The first-order valence-electron chi connectivity index (χ1n) is 22.2. The molecule has 0 atom stereocenters. The Hall–Kier alpha value is -5.14. The number of phenolic OH excluding ortho intramolecular Hbond substituents is 1. The van der Waals surface area contributed by atoms with Gasteiger partial charge in [0.15, 0.2) is 0 Å². The molecule has 16 nitrogen and oxygen atoms in total. The van der Waals surface area contributed by atoms with Crippen LogP contribution in [0.1, 0.15) is 78.1 Å². The van der Waals surface area contributed by atoms with Gasteiger partial charge in [-0.05, 0) is 68.3 Å². The van der Waals surface area contributed by atoms with Crippen molar-refractivity contribution in [3.05, 3.63) is 78.8 Å². The summed E-state index contributed by atoms with van der Waals surface area (Å²) in [7, 11) is 0. The van der Waals surface area contributed by atoms with Crippen molar-refractivity contribution in [3.8, 4) is 5.75 Å². The number of hydrogen-bond donors (Lipinski definition) is 5. The number of rotatable bonds is 18. The van der Waals surface area contributed by atoms with Crippen molar-refractivity contribution in [1.29, 1.82) is 0 Å². The minimum absolute atomic E-state index is 0.0276. The molecule has 382 valence electrons. The molecule has 69 heavy (non-hydrogen) atoms. The van der Waals surface area contributed by atoms with Gasteiger partial charge in [-0.3, -0.25) is 14.4 Å². The number of ether oxygens (including phenoxy) is 2. The molecule has 0 saturated carbocycles. The molecule has 5 N–H and O–H groups in total. The van der Waals surface area contributed by atoms with Gasteiger partial charge in [-0.1, -0.05) is 55.5 Å². The topological polar surface area (TPSA) is 215 Å². The number of benzene rings is 2. The molecule has 24 heteroatoms. The number of likely N-dealkylation sites (N-methyl/N-ethyl adjacent to an activating group) is 1. The minimum atomic E-state index is -5.08. The van der Waals surface area contributed by atoms with Crippen LogP contribution in [-0.4, -0.2) is 160 Å². The van der Waals surface area contributed by atoms with Crippen LogP contribution < -0.4 is 10.2 Å². The van der Waals surface area contributed by atoms with Crippen LogP contribution >= 0.6 is 22.7 Å². The number of carbonyl (C=O) groups is 4. The Labute approximate surface area is 402 Å². The quantitative estimate of drug-likeness (QED) is 0.0546. The maximum Gasteiger partial charge on any atom is 0.490 e. The van der Waals surface area contributed by atoms with Crippen molar-refractivity contribution in [3.63, 3.8) is 0 Å². The number of nitrogens with one attached hydrogen (secondary N) is 2. The maximum absolute atomic E-state index is 13.2. The Kier molecular flexibility index (Phi) is 21.4. The van der Waals surface area contributed by atoms with E-state index in [1.54, 1.807) is 17.4 Å². The summed E-state index contributed by atoms with van der Waals surface area (Å²) < 4.78 is 76.4. The first-order valence-corrected chi connectivity index (χ1v) is 23.9. The highest BCUT2D eigenvalue weighted by molar-refractivity contribution is 7.16. The predicted octanol–water partition coefficient (Wildman–Crippen LogP) is 6.32. The maximum atomic E-state index is 13.2. The van der Waals surface area contributed by atoms with Crippen LogP contribution in [0, 0.1) is 0 Å². The number of aliphatic carboxylic acids is 2. The van der Waals surface area contributed by atoms with Crippen molar-refractivity contribution in [2.45, 2.75) is 83.2 Å². The molecule has 2 aromatic carbocycles. The summed E-state index contributed by atoms with van der Waals surface area (Å²) in [6, 6.07) is 12.2. The van der Waals surface area contributed by atoms with Crippen molar-refractivity contribution in [2.24, 2.45) is 0 Å². The lowest BCUT2D eigenvalue weighted by molar-refractivity contribution is -0.193. The van der Waals surface area contributed by atoms with Gasteiger partial charge in [0.25, 0.3) is 5.91 Å². The summed E-state index contributed by atoms with van der Waals surface area (Å²) >= 11 is 2.68. The molecule has 4 aromatic rings. The highest BCUT2D eigenvalue weighted by Crippen LogP contribution is 2.32. The number of aromatic amines is 1. The smallest absolute Gasteiger partial charge is 0.490 e. The van der Waals surface area contributed by atoms with Gasteiger partial charge in [-0.2, -0.15) is 26.3 Å². The van der Waals surface area contributed by atoms with Crippen molar-refractivity contribution in [1.82, 2.24) is 30.0 Å². The van der Waals surface area contributed by atoms with Gasteiger partial charge in [0.05, 0.1) is 48.1 Å². The fraction of sp³-hybridized carbons (Fsp3) is 0.556.